The van der Waals surface area contributed by atoms with Crippen LogP contribution in [0.3, 0.4) is 0 Å². The van der Waals surface area contributed by atoms with Crippen molar-refractivity contribution in [3.05, 3.63) is 0 Å². The van der Waals surface area contributed by atoms with Gasteiger partial charge in [0, 0.05) is 0 Å². The summed E-state index contributed by atoms with van der Waals surface area (Å²) in [6.07, 6.45) is -1.02. The topological polar surface area (TPSA) is 123 Å². The minimum Gasteiger partial charge on any atom is -0.726 e. The van der Waals surface area contributed by atoms with E-state index in [-0.39, 0.29) is 6.15 Å². The largest absolute Gasteiger partial charge is 0.726 e. The van der Waals surface area contributed by atoms with Crippen LogP contribution in [0.15, 0.2) is 0 Å². The molecule has 0 aliphatic heterocycles. The second-order valence-electron chi connectivity index (χ2n) is 2.77. The summed E-state index contributed by atoms with van der Waals surface area (Å²) in [5.74, 6) is 0. The first-order valence-electron chi connectivity index (χ1n) is 3.00. The standard InChI is InChI=1S/C5H12O5S.H3N/c1-4(6)5(2,3)10-11(7,8)9;/h4,6H,1-3H3,(H,7,8,9);1H3. The monoisotopic (exact) mass is 201 g/mol. The molecule has 0 aliphatic carbocycles. The molecule has 0 spiro atoms. The van der Waals surface area contributed by atoms with Gasteiger partial charge in [-0.25, -0.2) is 8.42 Å². The number of quaternary nitrogens is 1. The number of hydrogen-bond donors (Lipinski definition) is 2. The van der Waals surface area contributed by atoms with Gasteiger partial charge in [0.25, 0.3) is 0 Å². The van der Waals surface area contributed by atoms with Crippen molar-refractivity contribution >= 4 is 10.4 Å². The average Bonchev–Trinajstić information content (AvgIpc) is 1.56. The van der Waals surface area contributed by atoms with Crippen molar-refractivity contribution in [2.75, 3.05) is 0 Å². The van der Waals surface area contributed by atoms with Crippen LogP contribution in [0.4, 0.5) is 0 Å². The highest BCUT2D eigenvalue weighted by molar-refractivity contribution is 7.80. The normalized spacial score (nSPS) is 15.1. The molecule has 0 aromatic carbocycles. The minimum absolute atomic E-state index is 0. The third kappa shape index (κ3) is 5.44. The highest BCUT2D eigenvalue weighted by atomic mass is 32.3. The second-order valence-corrected chi connectivity index (χ2v) is 3.75. The van der Waals surface area contributed by atoms with Gasteiger partial charge in [0.15, 0.2) is 0 Å². The molecule has 6 nitrogen and oxygen atoms in total. The van der Waals surface area contributed by atoms with Gasteiger partial charge in [-0.15, -0.1) is 0 Å². The third-order valence-corrected chi connectivity index (χ3v) is 1.96. The molecule has 0 aliphatic rings. The summed E-state index contributed by atoms with van der Waals surface area (Å²) < 4.78 is 34.2. The van der Waals surface area contributed by atoms with Crippen LogP contribution >= 0.6 is 0 Å². The number of hydrogen-bond acceptors (Lipinski definition) is 5. The van der Waals surface area contributed by atoms with Crippen LogP contribution in [0.5, 0.6) is 0 Å². The molecule has 0 rings (SSSR count). The van der Waals surface area contributed by atoms with E-state index in [2.05, 4.69) is 4.18 Å². The molecule has 0 saturated carbocycles. The van der Waals surface area contributed by atoms with Crippen LogP contribution in [0.1, 0.15) is 20.8 Å². The van der Waals surface area contributed by atoms with Crippen molar-refractivity contribution in [2.24, 2.45) is 0 Å². The van der Waals surface area contributed by atoms with Crippen molar-refractivity contribution in [3.8, 4) is 0 Å². The van der Waals surface area contributed by atoms with Gasteiger partial charge in [-0.05, 0) is 20.8 Å². The first-order valence-corrected chi connectivity index (χ1v) is 4.33. The lowest BCUT2D eigenvalue weighted by Gasteiger charge is -2.28. The van der Waals surface area contributed by atoms with Crippen LogP contribution in [-0.4, -0.2) is 29.8 Å². The van der Waals surface area contributed by atoms with E-state index >= 15 is 0 Å². The smallest absolute Gasteiger partial charge is 0.218 e. The predicted octanol–water partition coefficient (Wildman–Crippen LogP) is -0.00120. The van der Waals surface area contributed by atoms with Gasteiger partial charge >= 0.3 is 0 Å². The fourth-order valence-corrected chi connectivity index (χ4v) is 0.998. The van der Waals surface area contributed by atoms with Crippen LogP contribution in [0.2, 0.25) is 0 Å². The Morgan fingerprint density at radius 1 is 1.50 bits per heavy atom. The number of aliphatic hydroxyl groups is 1. The molecule has 1 unspecified atom stereocenters. The van der Waals surface area contributed by atoms with Gasteiger partial charge in [0.05, 0.1) is 6.10 Å². The van der Waals surface area contributed by atoms with Crippen molar-refractivity contribution < 1.29 is 22.3 Å². The lowest BCUT2D eigenvalue weighted by molar-refractivity contribution is -0.0207. The summed E-state index contributed by atoms with van der Waals surface area (Å²) in [6, 6.07) is 0. The van der Waals surface area contributed by atoms with Gasteiger partial charge < -0.3 is 15.8 Å². The quantitative estimate of drug-likeness (QED) is 0.491. The van der Waals surface area contributed by atoms with Gasteiger partial charge in [0.1, 0.15) is 5.60 Å². The lowest BCUT2D eigenvalue weighted by atomic mass is 10.0. The molecule has 7 heteroatoms. The molecule has 1 atom stereocenters. The predicted molar refractivity (Wildman–Crippen MR) is 42.5 cm³/mol. The Morgan fingerprint density at radius 3 is 1.92 bits per heavy atom. The lowest BCUT2D eigenvalue weighted by Crippen LogP contribution is -2.38. The molecular formula is C5H15NO5S. The third-order valence-electron chi connectivity index (χ3n) is 1.32. The van der Waals surface area contributed by atoms with Crippen LogP contribution in [0, 0.1) is 0 Å². The Hall–Kier alpha value is -0.210. The fraction of sp³-hybridized carbons (Fsp3) is 1.00. The first-order chi connectivity index (χ1) is 4.65. The summed E-state index contributed by atoms with van der Waals surface area (Å²) in [5, 5.41) is 8.92. The molecule has 0 bridgehead atoms. The zero-order valence-corrected chi connectivity index (χ0v) is 8.38. The van der Waals surface area contributed by atoms with Gasteiger partial charge in [0.2, 0.25) is 10.4 Å². The highest BCUT2D eigenvalue weighted by Gasteiger charge is 2.27. The Kier molecular flexibility index (Phi) is 4.95. The molecule has 76 valence electrons. The first kappa shape index (κ1) is 14.3. The zero-order valence-electron chi connectivity index (χ0n) is 7.57. The summed E-state index contributed by atoms with van der Waals surface area (Å²) in [6.45, 7) is 3.96. The van der Waals surface area contributed by atoms with E-state index in [1.54, 1.807) is 0 Å². The molecule has 0 saturated heterocycles. The van der Waals surface area contributed by atoms with E-state index in [1.807, 2.05) is 0 Å². The summed E-state index contributed by atoms with van der Waals surface area (Å²) in [4.78, 5) is 0. The van der Waals surface area contributed by atoms with E-state index in [1.165, 1.54) is 20.8 Å². The average molecular weight is 201 g/mol. The molecule has 0 fully saturated rings. The second kappa shape index (κ2) is 4.15. The van der Waals surface area contributed by atoms with Crippen molar-refractivity contribution in [1.29, 1.82) is 0 Å². The van der Waals surface area contributed by atoms with Crippen LogP contribution in [0.25, 0.3) is 0 Å². The number of rotatable bonds is 3. The van der Waals surface area contributed by atoms with Gasteiger partial charge in [-0.3, -0.25) is 4.18 Å². The van der Waals surface area contributed by atoms with E-state index < -0.39 is 22.1 Å². The Labute approximate surface area is 72.1 Å². The Bertz CT molecular complexity index is 220. The molecule has 0 amide bonds. The van der Waals surface area contributed by atoms with Crippen molar-refractivity contribution in [3.63, 3.8) is 0 Å². The Morgan fingerprint density at radius 2 is 1.83 bits per heavy atom. The summed E-state index contributed by atoms with van der Waals surface area (Å²) in [5.41, 5.74) is -1.36. The molecule has 0 aromatic rings. The van der Waals surface area contributed by atoms with Crippen LogP contribution < -0.4 is 6.15 Å². The molecular weight excluding hydrogens is 186 g/mol. The van der Waals surface area contributed by atoms with Crippen molar-refractivity contribution in [2.45, 2.75) is 32.5 Å². The SMILES string of the molecule is CC(O)C(C)(C)OS(=O)(=O)[O-].[NH4+]. The molecule has 5 N–H and O–H groups in total. The van der Waals surface area contributed by atoms with Gasteiger partial charge in [-0.1, -0.05) is 0 Å². The maximum Gasteiger partial charge on any atom is 0.218 e. The summed E-state index contributed by atoms with van der Waals surface area (Å²) in [7, 11) is -4.74. The molecule has 0 aromatic heterocycles. The van der Waals surface area contributed by atoms with Crippen LogP contribution in [-0.2, 0) is 14.6 Å². The maximum atomic E-state index is 10.1. The molecule has 12 heavy (non-hydrogen) atoms. The minimum atomic E-state index is -4.74. The van der Waals surface area contributed by atoms with E-state index in [0.29, 0.717) is 0 Å². The number of aliphatic hydroxyl groups excluding tert-OH is 1. The van der Waals surface area contributed by atoms with E-state index in [4.69, 9.17) is 5.11 Å². The fourth-order valence-electron chi connectivity index (χ4n) is 0.333. The van der Waals surface area contributed by atoms with Gasteiger partial charge in [-0.2, -0.15) is 0 Å². The van der Waals surface area contributed by atoms with E-state index in [0.717, 1.165) is 0 Å². The molecule has 0 heterocycles. The Balaban J connectivity index is 0. The molecule has 0 radical (unpaired) electrons. The maximum absolute atomic E-state index is 10.1. The highest BCUT2D eigenvalue weighted by Crippen LogP contribution is 2.16. The van der Waals surface area contributed by atoms with Crippen molar-refractivity contribution in [1.82, 2.24) is 6.15 Å². The van der Waals surface area contributed by atoms with E-state index in [9.17, 15) is 13.0 Å². The summed E-state index contributed by atoms with van der Waals surface area (Å²) >= 11 is 0. The zero-order chi connectivity index (χ0) is 9.28.